The molecule has 0 spiro atoms. The van der Waals surface area contributed by atoms with Crippen LogP contribution in [0, 0.1) is 6.92 Å². The number of hydrogen-bond acceptors (Lipinski definition) is 4. The number of methoxy groups -OCH3 is 1. The van der Waals surface area contributed by atoms with Crippen LogP contribution in [0.4, 0.5) is 0 Å². The van der Waals surface area contributed by atoms with Crippen molar-refractivity contribution in [3.05, 3.63) is 57.5 Å². The zero-order chi connectivity index (χ0) is 17.0. The molecule has 0 aliphatic carbocycles. The molecule has 1 heterocycles. The number of nitrogens with zero attached hydrogens (tertiary/aromatic N) is 1. The van der Waals surface area contributed by atoms with E-state index in [-0.39, 0.29) is 23.5 Å². The lowest BCUT2D eigenvalue weighted by Gasteiger charge is -2.12. The van der Waals surface area contributed by atoms with Crippen LogP contribution in [0.2, 0.25) is 5.02 Å². The van der Waals surface area contributed by atoms with Gasteiger partial charge in [-0.2, -0.15) is 0 Å². The Labute approximate surface area is 139 Å². The average Bonchev–Trinajstić information content (AvgIpc) is 2.49. The van der Waals surface area contributed by atoms with Gasteiger partial charge in [0.05, 0.1) is 12.0 Å². The molecule has 0 unspecified atom stereocenters. The summed E-state index contributed by atoms with van der Waals surface area (Å²) in [5.41, 5.74) is 0.445. The number of halogens is 1. The van der Waals surface area contributed by atoms with Crippen LogP contribution in [-0.2, 0) is 16.6 Å². The summed E-state index contributed by atoms with van der Waals surface area (Å²) < 4.78 is 33.3. The van der Waals surface area contributed by atoms with Crippen LogP contribution in [-0.4, -0.2) is 26.6 Å². The van der Waals surface area contributed by atoms with Crippen molar-refractivity contribution in [2.24, 2.45) is 0 Å². The predicted molar refractivity (Wildman–Crippen MR) is 88.6 cm³/mol. The third kappa shape index (κ3) is 4.34. The summed E-state index contributed by atoms with van der Waals surface area (Å²) in [5.74, 6) is 0.475. The van der Waals surface area contributed by atoms with E-state index in [1.54, 1.807) is 25.1 Å². The SMILES string of the molecule is COc1cc(C)n(CCNS(=O)(=O)c2cccc(Cl)c2)c(=O)c1. The van der Waals surface area contributed by atoms with Gasteiger partial charge in [0.2, 0.25) is 10.0 Å². The van der Waals surface area contributed by atoms with Gasteiger partial charge in [-0.15, -0.1) is 0 Å². The van der Waals surface area contributed by atoms with E-state index in [4.69, 9.17) is 16.3 Å². The molecular formula is C15H17ClN2O4S. The van der Waals surface area contributed by atoms with Gasteiger partial charge in [0.25, 0.3) is 5.56 Å². The van der Waals surface area contributed by atoms with Crippen LogP contribution >= 0.6 is 11.6 Å². The smallest absolute Gasteiger partial charge is 0.254 e. The number of aromatic nitrogens is 1. The van der Waals surface area contributed by atoms with E-state index in [1.807, 2.05) is 0 Å². The minimum Gasteiger partial charge on any atom is -0.496 e. The van der Waals surface area contributed by atoms with Crippen LogP contribution in [0.1, 0.15) is 5.69 Å². The van der Waals surface area contributed by atoms with Crippen molar-refractivity contribution in [2.75, 3.05) is 13.7 Å². The normalized spacial score (nSPS) is 11.4. The number of sulfonamides is 1. The molecule has 6 nitrogen and oxygen atoms in total. The lowest BCUT2D eigenvalue weighted by Crippen LogP contribution is -2.31. The molecule has 0 saturated carbocycles. The van der Waals surface area contributed by atoms with Crippen LogP contribution in [0.25, 0.3) is 0 Å². The number of hydrogen-bond donors (Lipinski definition) is 1. The van der Waals surface area contributed by atoms with E-state index in [1.165, 1.54) is 29.9 Å². The van der Waals surface area contributed by atoms with Crippen LogP contribution in [0.15, 0.2) is 46.1 Å². The fraction of sp³-hybridized carbons (Fsp3) is 0.267. The monoisotopic (exact) mass is 356 g/mol. The first-order chi connectivity index (χ1) is 10.8. The molecular weight excluding hydrogens is 340 g/mol. The maximum absolute atomic E-state index is 12.2. The molecule has 1 N–H and O–H groups in total. The first-order valence-electron chi connectivity index (χ1n) is 6.84. The average molecular weight is 357 g/mol. The Bertz CT molecular complexity index is 862. The zero-order valence-electron chi connectivity index (χ0n) is 12.7. The standard InChI is InChI=1S/C15H17ClN2O4S/c1-11-8-13(22-2)10-15(19)18(11)7-6-17-23(20,21)14-5-3-4-12(16)9-14/h3-5,8-10,17H,6-7H2,1-2H3. The Balaban J connectivity index is 2.09. The van der Waals surface area contributed by atoms with Gasteiger partial charge in [-0.1, -0.05) is 17.7 Å². The summed E-state index contributed by atoms with van der Waals surface area (Å²) in [5, 5.41) is 0.343. The summed E-state index contributed by atoms with van der Waals surface area (Å²) in [6.07, 6.45) is 0. The van der Waals surface area contributed by atoms with Gasteiger partial charge < -0.3 is 9.30 Å². The molecule has 0 fully saturated rings. The molecule has 23 heavy (non-hydrogen) atoms. The van der Waals surface area contributed by atoms with E-state index >= 15 is 0 Å². The van der Waals surface area contributed by atoms with Gasteiger partial charge in [0, 0.05) is 29.9 Å². The van der Waals surface area contributed by atoms with E-state index < -0.39 is 10.0 Å². The highest BCUT2D eigenvalue weighted by molar-refractivity contribution is 7.89. The maximum Gasteiger partial charge on any atom is 0.254 e. The van der Waals surface area contributed by atoms with Crippen molar-refractivity contribution in [1.29, 1.82) is 0 Å². The molecule has 8 heteroatoms. The predicted octanol–water partition coefficient (Wildman–Crippen LogP) is 1.80. The van der Waals surface area contributed by atoms with Crippen LogP contribution < -0.4 is 15.0 Å². The second-order valence-corrected chi connectivity index (χ2v) is 7.08. The summed E-state index contributed by atoms with van der Waals surface area (Å²) in [7, 11) is -2.18. The highest BCUT2D eigenvalue weighted by Gasteiger charge is 2.14. The van der Waals surface area contributed by atoms with Crippen molar-refractivity contribution in [3.8, 4) is 5.75 Å². The van der Waals surface area contributed by atoms with Gasteiger partial charge in [-0.3, -0.25) is 4.79 Å². The fourth-order valence-electron chi connectivity index (χ4n) is 2.11. The maximum atomic E-state index is 12.2. The van der Waals surface area contributed by atoms with Gasteiger partial charge in [0.1, 0.15) is 5.75 Å². The van der Waals surface area contributed by atoms with Crippen molar-refractivity contribution in [1.82, 2.24) is 9.29 Å². The first kappa shape index (κ1) is 17.5. The topological polar surface area (TPSA) is 77.4 Å². The molecule has 124 valence electrons. The Morgan fingerprint density at radius 1 is 1.26 bits per heavy atom. The number of nitrogens with one attached hydrogen (secondary N) is 1. The molecule has 0 amide bonds. The zero-order valence-corrected chi connectivity index (χ0v) is 14.3. The molecule has 0 aliphatic heterocycles. The van der Waals surface area contributed by atoms with Crippen molar-refractivity contribution in [2.45, 2.75) is 18.4 Å². The lowest BCUT2D eigenvalue weighted by atomic mass is 10.3. The van der Waals surface area contributed by atoms with E-state index in [9.17, 15) is 13.2 Å². The van der Waals surface area contributed by atoms with E-state index in [2.05, 4.69) is 4.72 Å². The lowest BCUT2D eigenvalue weighted by molar-refractivity contribution is 0.411. The Morgan fingerprint density at radius 2 is 2.00 bits per heavy atom. The number of pyridine rings is 1. The molecule has 1 aromatic heterocycles. The summed E-state index contributed by atoms with van der Waals surface area (Å²) in [6.45, 7) is 2.06. The largest absolute Gasteiger partial charge is 0.496 e. The summed E-state index contributed by atoms with van der Waals surface area (Å²) in [4.78, 5) is 12.1. The molecule has 0 aliphatic rings. The highest BCUT2D eigenvalue weighted by Crippen LogP contribution is 2.15. The van der Waals surface area contributed by atoms with E-state index in [0.717, 1.165) is 0 Å². The number of benzene rings is 1. The minimum atomic E-state index is -3.67. The van der Waals surface area contributed by atoms with Gasteiger partial charge in [0.15, 0.2) is 0 Å². The first-order valence-corrected chi connectivity index (χ1v) is 8.70. The third-order valence-corrected chi connectivity index (χ3v) is 4.97. The van der Waals surface area contributed by atoms with Crippen molar-refractivity contribution in [3.63, 3.8) is 0 Å². The number of ether oxygens (including phenoxy) is 1. The van der Waals surface area contributed by atoms with Gasteiger partial charge in [-0.05, 0) is 31.2 Å². The van der Waals surface area contributed by atoms with Crippen LogP contribution in [0.3, 0.4) is 0 Å². The minimum absolute atomic E-state index is 0.0852. The number of aryl methyl sites for hydroxylation is 1. The summed E-state index contributed by atoms with van der Waals surface area (Å²) >= 11 is 5.80. The van der Waals surface area contributed by atoms with Crippen molar-refractivity contribution < 1.29 is 13.2 Å². The third-order valence-electron chi connectivity index (χ3n) is 3.28. The molecule has 2 rings (SSSR count). The van der Waals surface area contributed by atoms with Crippen LogP contribution in [0.5, 0.6) is 5.75 Å². The molecule has 0 bridgehead atoms. The van der Waals surface area contributed by atoms with Crippen molar-refractivity contribution >= 4 is 21.6 Å². The molecule has 0 radical (unpaired) electrons. The summed E-state index contributed by atoms with van der Waals surface area (Å²) in [6, 6.07) is 9.06. The quantitative estimate of drug-likeness (QED) is 0.856. The van der Waals surface area contributed by atoms with Gasteiger partial charge in [-0.25, -0.2) is 13.1 Å². The Morgan fingerprint density at radius 3 is 2.61 bits per heavy atom. The Hall–Kier alpha value is -1.83. The molecule has 1 aromatic carbocycles. The fourth-order valence-corrected chi connectivity index (χ4v) is 3.43. The number of rotatable bonds is 6. The molecule has 0 saturated heterocycles. The second-order valence-electron chi connectivity index (χ2n) is 4.88. The van der Waals surface area contributed by atoms with E-state index in [0.29, 0.717) is 16.5 Å². The second kappa shape index (κ2) is 7.16. The molecule has 0 atom stereocenters. The molecule has 2 aromatic rings. The Kier molecular flexibility index (Phi) is 5.46. The highest BCUT2D eigenvalue weighted by atomic mass is 35.5. The van der Waals surface area contributed by atoms with Gasteiger partial charge >= 0.3 is 0 Å².